The Hall–Kier alpha value is -0.770. The molecule has 1 atom stereocenters. The van der Waals surface area contributed by atoms with Gasteiger partial charge in [-0.25, -0.2) is 4.79 Å². The molecule has 1 aliphatic heterocycles. The van der Waals surface area contributed by atoms with E-state index in [1.807, 2.05) is 4.90 Å². The summed E-state index contributed by atoms with van der Waals surface area (Å²) >= 11 is 0. The lowest BCUT2D eigenvalue weighted by molar-refractivity contribution is 0.129. The number of urea groups is 1. The molecule has 4 nitrogen and oxygen atoms in total. The molecule has 0 radical (unpaired) electrons. The fourth-order valence-electron chi connectivity index (χ4n) is 1.98. The molecule has 16 heavy (non-hydrogen) atoms. The highest BCUT2D eigenvalue weighted by Crippen LogP contribution is 2.15. The van der Waals surface area contributed by atoms with Crippen molar-refractivity contribution >= 4 is 6.03 Å². The maximum absolute atomic E-state index is 11.8. The molecule has 0 spiro atoms. The zero-order valence-corrected chi connectivity index (χ0v) is 10.4. The van der Waals surface area contributed by atoms with E-state index in [4.69, 9.17) is 5.11 Å². The van der Waals surface area contributed by atoms with Crippen molar-refractivity contribution in [3.05, 3.63) is 0 Å². The van der Waals surface area contributed by atoms with Crippen molar-refractivity contribution in [3.8, 4) is 0 Å². The molecule has 1 unspecified atom stereocenters. The van der Waals surface area contributed by atoms with Crippen LogP contribution in [0, 0.1) is 11.8 Å². The lowest BCUT2D eigenvalue weighted by Gasteiger charge is -2.31. The Balaban J connectivity index is 2.24. The summed E-state index contributed by atoms with van der Waals surface area (Å²) < 4.78 is 0. The molecule has 0 aromatic carbocycles. The van der Waals surface area contributed by atoms with Crippen molar-refractivity contribution < 1.29 is 9.90 Å². The van der Waals surface area contributed by atoms with E-state index in [1.54, 1.807) is 0 Å². The predicted octanol–water partition coefficient (Wildman–Crippen LogP) is 1.45. The Morgan fingerprint density at radius 2 is 2.31 bits per heavy atom. The quantitative estimate of drug-likeness (QED) is 0.765. The predicted molar refractivity (Wildman–Crippen MR) is 64.2 cm³/mol. The smallest absolute Gasteiger partial charge is 0.317 e. The summed E-state index contributed by atoms with van der Waals surface area (Å²) in [4.78, 5) is 13.6. The first-order valence-corrected chi connectivity index (χ1v) is 6.27. The molecule has 1 saturated heterocycles. The van der Waals surface area contributed by atoms with Gasteiger partial charge in [-0.3, -0.25) is 0 Å². The number of aliphatic hydroxyl groups is 1. The van der Waals surface area contributed by atoms with E-state index in [0.717, 1.165) is 32.4 Å². The van der Waals surface area contributed by atoms with E-state index in [9.17, 15) is 4.79 Å². The number of piperidine rings is 1. The molecule has 0 aromatic rings. The Labute approximate surface area is 98.0 Å². The maximum atomic E-state index is 11.8. The molecule has 1 heterocycles. The van der Waals surface area contributed by atoms with Gasteiger partial charge in [-0.1, -0.05) is 13.8 Å². The molecule has 0 aromatic heterocycles. The second-order valence-corrected chi connectivity index (χ2v) is 5.05. The minimum Gasteiger partial charge on any atom is -0.396 e. The molecule has 1 fully saturated rings. The minimum atomic E-state index is 0.0267. The fourth-order valence-corrected chi connectivity index (χ4v) is 1.98. The molecule has 0 saturated carbocycles. The van der Waals surface area contributed by atoms with Crippen molar-refractivity contribution in [2.45, 2.75) is 33.1 Å². The number of nitrogens with one attached hydrogen (secondary N) is 1. The summed E-state index contributed by atoms with van der Waals surface area (Å²) in [7, 11) is 0. The second kappa shape index (κ2) is 6.74. The number of likely N-dealkylation sites (tertiary alicyclic amines) is 1. The highest BCUT2D eigenvalue weighted by molar-refractivity contribution is 5.74. The molecule has 1 rings (SSSR count). The summed E-state index contributed by atoms with van der Waals surface area (Å²) in [6.07, 6.45) is 3.05. The van der Waals surface area contributed by atoms with Crippen LogP contribution in [0.25, 0.3) is 0 Å². The first-order chi connectivity index (χ1) is 7.63. The van der Waals surface area contributed by atoms with Crippen LogP contribution in [0.2, 0.25) is 0 Å². The average molecular weight is 228 g/mol. The van der Waals surface area contributed by atoms with Crippen LogP contribution in [0.1, 0.15) is 33.1 Å². The van der Waals surface area contributed by atoms with Crippen molar-refractivity contribution in [2.75, 3.05) is 26.2 Å². The van der Waals surface area contributed by atoms with Crippen LogP contribution in [0.3, 0.4) is 0 Å². The van der Waals surface area contributed by atoms with E-state index in [-0.39, 0.29) is 18.6 Å². The van der Waals surface area contributed by atoms with Gasteiger partial charge in [-0.15, -0.1) is 0 Å². The number of aliphatic hydroxyl groups excluding tert-OH is 1. The van der Waals surface area contributed by atoms with Crippen LogP contribution in [0.5, 0.6) is 0 Å². The van der Waals surface area contributed by atoms with Crippen molar-refractivity contribution in [2.24, 2.45) is 11.8 Å². The molecule has 2 N–H and O–H groups in total. The van der Waals surface area contributed by atoms with E-state index < -0.39 is 0 Å². The topological polar surface area (TPSA) is 52.6 Å². The number of hydrogen-bond donors (Lipinski definition) is 2. The van der Waals surface area contributed by atoms with Gasteiger partial charge in [0.2, 0.25) is 0 Å². The lowest BCUT2D eigenvalue weighted by Crippen LogP contribution is -2.46. The third-order valence-corrected chi connectivity index (χ3v) is 3.06. The van der Waals surface area contributed by atoms with Gasteiger partial charge < -0.3 is 15.3 Å². The SMILES string of the molecule is CC(C)CCNC(=O)N1CCCC(CO)C1. The number of hydrogen-bond acceptors (Lipinski definition) is 2. The third kappa shape index (κ3) is 4.39. The van der Waals surface area contributed by atoms with Gasteiger partial charge in [0, 0.05) is 26.2 Å². The van der Waals surface area contributed by atoms with E-state index in [0.29, 0.717) is 12.5 Å². The van der Waals surface area contributed by atoms with Crippen molar-refractivity contribution in [1.29, 1.82) is 0 Å². The highest BCUT2D eigenvalue weighted by Gasteiger charge is 2.22. The van der Waals surface area contributed by atoms with Gasteiger partial charge in [0.25, 0.3) is 0 Å². The molecule has 0 bridgehead atoms. The van der Waals surface area contributed by atoms with Gasteiger partial charge in [0.15, 0.2) is 0 Å². The largest absolute Gasteiger partial charge is 0.396 e. The van der Waals surface area contributed by atoms with Crippen molar-refractivity contribution in [3.63, 3.8) is 0 Å². The Morgan fingerprint density at radius 3 is 2.94 bits per heavy atom. The van der Waals surface area contributed by atoms with E-state index in [2.05, 4.69) is 19.2 Å². The highest BCUT2D eigenvalue weighted by atomic mass is 16.3. The summed E-state index contributed by atoms with van der Waals surface area (Å²) in [5.74, 6) is 0.886. The monoisotopic (exact) mass is 228 g/mol. The Kier molecular flexibility index (Phi) is 5.60. The number of rotatable bonds is 4. The molecular formula is C12H24N2O2. The zero-order valence-electron chi connectivity index (χ0n) is 10.4. The van der Waals surface area contributed by atoms with Gasteiger partial charge >= 0.3 is 6.03 Å². The Bertz CT molecular complexity index is 219. The number of nitrogens with zero attached hydrogens (tertiary/aromatic N) is 1. The number of carbonyl (C=O) groups excluding carboxylic acids is 1. The second-order valence-electron chi connectivity index (χ2n) is 5.05. The first kappa shape index (κ1) is 13.3. The molecular weight excluding hydrogens is 204 g/mol. The van der Waals surface area contributed by atoms with E-state index in [1.165, 1.54) is 0 Å². The van der Waals surface area contributed by atoms with Gasteiger partial charge in [-0.05, 0) is 31.1 Å². The van der Waals surface area contributed by atoms with Crippen LogP contribution in [-0.4, -0.2) is 42.3 Å². The molecule has 2 amide bonds. The molecule has 0 aliphatic carbocycles. The van der Waals surface area contributed by atoms with Crippen molar-refractivity contribution in [1.82, 2.24) is 10.2 Å². The normalized spacial score (nSPS) is 21.2. The van der Waals surface area contributed by atoms with Crippen LogP contribution in [0.15, 0.2) is 0 Å². The van der Waals surface area contributed by atoms with Gasteiger partial charge in [0.1, 0.15) is 0 Å². The molecule has 4 heteroatoms. The fraction of sp³-hybridized carbons (Fsp3) is 0.917. The number of carbonyl (C=O) groups is 1. The summed E-state index contributed by atoms with van der Waals surface area (Å²) in [6, 6.07) is 0.0267. The third-order valence-electron chi connectivity index (χ3n) is 3.06. The van der Waals surface area contributed by atoms with Crippen LogP contribution in [-0.2, 0) is 0 Å². The summed E-state index contributed by atoms with van der Waals surface area (Å²) in [5, 5.41) is 12.0. The van der Waals surface area contributed by atoms with Crippen LogP contribution in [0.4, 0.5) is 4.79 Å². The van der Waals surface area contributed by atoms with Crippen LogP contribution >= 0.6 is 0 Å². The Morgan fingerprint density at radius 1 is 1.56 bits per heavy atom. The summed E-state index contributed by atoms with van der Waals surface area (Å²) in [5.41, 5.74) is 0. The maximum Gasteiger partial charge on any atom is 0.317 e. The number of amides is 2. The average Bonchev–Trinajstić information content (AvgIpc) is 2.28. The lowest BCUT2D eigenvalue weighted by atomic mass is 9.99. The molecule has 1 aliphatic rings. The molecule has 94 valence electrons. The van der Waals surface area contributed by atoms with Crippen LogP contribution < -0.4 is 5.32 Å². The minimum absolute atomic E-state index is 0.0267. The van der Waals surface area contributed by atoms with E-state index >= 15 is 0 Å². The zero-order chi connectivity index (χ0) is 12.0. The van der Waals surface area contributed by atoms with Gasteiger partial charge in [0.05, 0.1) is 0 Å². The summed E-state index contributed by atoms with van der Waals surface area (Å²) in [6.45, 7) is 6.75. The first-order valence-electron chi connectivity index (χ1n) is 6.27. The van der Waals surface area contributed by atoms with Gasteiger partial charge in [-0.2, -0.15) is 0 Å². The standard InChI is InChI=1S/C12H24N2O2/c1-10(2)5-6-13-12(16)14-7-3-4-11(8-14)9-15/h10-11,15H,3-9H2,1-2H3,(H,13,16).